The van der Waals surface area contributed by atoms with Gasteiger partial charge in [-0.05, 0) is 19.3 Å². The number of hydrogen-bond donors (Lipinski definition) is 2. The van der Waals surface area contributed by atoms with Gasteiger partial charge in [0.1, 0.15) is 0 Å². The third-order valence-corrected chi connectivity index (χ3v) is 1.53. The van der Waals surface area contributed by atoms with Crippen LogP contribution >= 0.6 is 0 Å². The number of aliphatic hydroxyl groups is 1. The molecule has 1 saturated carbocycles. The van der Waals surface area contributed by atoms with Crippen molar-refractivity contribution in [3.8, 4) is 0 Å². The van der Waals surface area contributed by atoms with E-state index in [1.165, 1.54) is 0 Å². The molecule has 1 aliphatic carbocycles. The monoisotopic (exact) mass is 101 g/mol. The molecule has 42 valence electrons. The molecule has 3 N–H and O–H groups in total. The highest BCUT2D eigenvalue weighted by atomic mass is 16.3. The van der Waals surface area contributed by atoms with Gasteiger partial charge < -0.3 is 10.8 Å². The van der Waals surface area contributed by atoms with E-state index in [0.29, 0.717) is 0 Å². The minimum absolute atomic E-state index is 0.0694. The van der Waals surface area contributed by atoms with Gasteiger partial charge in [0.25, 0.3) is 0 Å². The van der Waals surface area contributed by atoms with Crippen LogP contribution in [0.4, 0.5) is 0 Å². The quantitative estimate of drug-likeness (QED) is 0.446. The van der Waals surface area contributed by atoms with Gasteiger partial charge in [-0.25, -0.2) is 0 Å². The largest absolute Gasteiger partial charge is 0.392 e. The number of rotatable bonds is 0. The molecule has 0 bridgehead atoms. The summed E-state index contributed by atoms with van der Waals surface area (Å²) in [6, 6.07) is 0.0694. The maximum absolute atomic E-state index is 8.87. The van der Waals surface area contributed by atoms with Crippen molar-refractivity contribution < 1.29 is 5.11 Å². The second-order valence-corrected chi connectivity index (χ2v) is 2.16. The van der Waals surface area contributed by atoms with Crippen molar-refractivity contribution in [1.82, 2.24) is 0 Å². The number of hydrogen-bond acceptors (Lipinski definition) is 2. The first-order chi connectivity index (χ1) is 3.30. The molecule has 0 spiro atoms. The normalized spacial score (nSPS) is 42.0. The molecule has 0 aromatic rings. The lowest BCUT2D eigenvalue weighted by molar-refractivity contribution is 0.165. The van der Waals surface area contributed by atoms with Crippen LogP contribution in [-0.4, -0.2) is 17.3 Å². The van der Waals surface area contributed by atoms with E-state index < -0.39 is 0 Å². The predicted molar refractivity (Wildman–Crippen MR) is 27.8 cm³/mol. The van der Waals surface area contributed by atoms with E-state index in [1.807, 2.05) is 0 Å². The molecule has 0 aromatic heterocycles. The van der Waals surface area contributed by atoms with E-state index in [1.54, 1.807) is 0 Å². The fourth-order valence-corrected chi connectivity index (χ4v) is 0.969. The van der Waals surface area contributed by atoms with Crippen LogP contribution in [0.25, 0.3) is 0 Å². The van der Waals surface area contributed by atoms with Crippen molar-refractivity contribution in [2.24, 2.45) is 5.73 Å². The summed E-state index contributed by atoms with van der Waals surface area (Å²) >= 11 is 0. The standard InChI is InChI=1S/C5H11NO/c6-4-2-1-3-5(4)7/h4-5,7H,1-3,6H2/t4?,5-/m1/s1. The lowest BCUT2D eigenvalue weighted by atomic mass is 10.2. The SMILES string of the molecule is NC1CCC[C@H]1O. The van der Waals surface area contributed by atoms with Crippen molar-refractivity contribution >= 4 is 0 Å². The molecule has 0 amide bonds. The molecule has 2 heteroatoms. The van der Waals surface area contributed by atoms with Crippen LogP contribution in [0.3, 0.4) is 0 Å². The van der Waals surface area contributed by atoms with Crippen molar-refractivity contribution in [1.29, 1.82) is 0 Å². The first-order valence-corrected chi connectivity index (χ1v) is 2.74. The van der Waals surface area contributed by atoms with Crippen LogP contribution in [0.5, 0.6) is 0 Å². The van der Waals surface area contributed by atoms with Crippen LogP contribution in [-0.2, 0) is 0 Å². The van der Waals surface area contributed by atoms with Crippen molar-refractivity contribution in [3.05, 3.63) is 0 Å². The van der Waals surface area contributed by atoms with Gasteiger partial charge in [0, 0.05) is 6.04 Å². The fourth-order valence-electron chi connectivity index (χ4n) is 0.969. The van der Waals surface area contributed by atoms with Gasteiger partial charge in [0.15, 0.2) is 0 Å². The summed E-state index contributed by atoms with van der Waals surface area (Å²) < 4.78 is 0. The van der Waals surface area contributed by atoms with Crippen LogP contribution in [0, 0.1) is 0 Å². The summed E-state index contributed by atoms with van der Waals surface area (Å²) in [6.07, 6.45) is 2.80. The molecule has 2 nitrogen and oxygen atoms in total. The summed E-state index contributed by atoms with van der Waals surface area (Å²) in [4.78, 5) is 0. The van der Waals surface area contributed by atoms with E-state index in [0.717, 1.165) is 19.3 Å². The number of nitrogens with two attached hydrogens (primary N) is 1. The third-order valence-electron chi connectivity index (χ3n) is 1.53. The fraction of sp³-hybridized carbons (Fsp3) is 1.00. The molecule has 0 aliphatic heterocycles. The summed E-state index contributed by atoms with van der Waals surface area (Å²) in [5.74, 6) is 0. The second-order valence-electron chi connectivity index (χ2n) is 2.16. The molecule has 0 heterocycles. The molecule has 1 fully saturated rings. The van der Waals surface area contributed by atoms with Gasteiger partial charge in [-0.1, -0.05) is 0 Å². The van der Waals surface area contributed by atoms with E-state index in [-0.39, 0.29) is 12.1 Å². The second kappa shape index (κ2) is 1.80. The molecule has 1 rings (SSSR count). The van der Waals surface area contributed by atoms with Crippen LogP contribution in [0.15, 0.2) is 0 Å². The molecule has 0 aromatic carbocycles. The average Bonchev–Trinajstić information content (AvgIpc) is 1.91. The highest BCUT2D eigenvalue weighted by Crippen LogP contribution is 2.15. The topological polar surface area (TPSA) is 46.2 Å². The van der Waals surface area contributed by atoms with Gasteiger partial charge in [-0.15, -0.1) is 0 Å². The zero-order valence-corrected chi connectivity index (χ0v) is 4.30. The van der Waals surface area contributed by atoms with Gasteiger partial charge in [-0.3, -0.25) is 0 Å². The Morgan fingerprint density at radius 3 is 2.29 bits per heavy atom. The molecule has 7 heavy (non-hydrogen) atoms. The zero-order valence-electron chi connectivity index (χ0n) is 4.30. The predicted octanol–water partition coefficient (Wildman–Crippen LogP) is -0.142. The molecular weight excluding hydrogens is 90.1 g/mol. The number of aliphatic hydroxyl groups excluding tert-OH is 1. The lowest BCUT2D eigenvalue weighted by Gasteiger charge is -2.04. The first kappa shape index (κ1) is 5.06. The van der Waals surface area contributed by atoms with E-state index >= 15 is 0 Å². The van der Waals surface area contributed by atoms with E-state index in [9.17, 15) is 0 Å². The molecule has 0 radical (unpaired) electrons. The van der Waals surface area contributed by atoms with E-state index in [2.05, 4.69) is 0 Å². The molecule has 1 aliphatic rings. The Labute approximate surface area is 43.3 Å². The van der Waals surface area contributed by atoms with Crippen LogP contribution < -0.4 is 5.73 Å². The zero-order chi connectivity index (χ0) is 5.28. The third kappa shape index (κ3) is 0.924. The minimum Gasteiger partial charge on any atom is -0.392 e. The molecule has 2 atom stereocenters. The smallest absolute Gasteiger partial charge is 0.0691 e. The van der Waals surface area contributed by atoms with Crippen LogP contribution in [0.1, 0.15) is 19.3 Å². The van der Waals surface area contributed by atoms with Crippen molar-refractivity contribution in [2.75, 3.05) is 0 Å². The maximum Gasteiger partial charge on any atom is 0.0691 e. The minimum atomic E-state index is -0.208. The van der Waals surface area contributed by atoms with Gasteiger partial charge >= 0.3 is 0 Å². The summed E-state index contributed by atoms with van der Waals surface area (Å²) in [5, 5.41) is 8.87. The van der Waals surface area contributed by atoms with Gasteiger partial charge in [0.05, 0.1) is 6.10 Å². The van der Waals surface area contributed by atoms with Gasteiger partial charge in [0.2, 0.25) is 0 Å². The Balaban J connectivity index is 2.33. The summed E-state index contributed by atoms with van der Waals surface area (Å²) in [6.45, 7) is 0. The molecule has 0 saturated heterocycles. The Bertz CT molecular complexity index is 57.1. The lowest BCUT2D eigenvalue weighted by Crippen LogP contribution is -2.28. The highest BCUT2D eigenvalue weighted by Gasteiger charge is 2.20. The highest BCUT2D eigenvalue weighted by molar-refractivity contribution is 4.78. The van der Waals surface area contributed by atoms with E-state index in [4.69, 9.17) is 10.8 Å². The maximum atomic E-state index is 8.87. The van der Waals surface area contributed by atoms with Crippen LogP contribution in [0.2, 0.25) is 0 Å². The summed E-state index contributed by atoms with van der Waals surface area (Å²) in [5.41, 5.74) is 5.43. The average molecular weight is 101 g/mol. The Morgan fingerprint density at radius 2 is 2.14 bits per heavy atom. The van der Waals surface area contributed by atoms with Crippen molar-refractivity contribution in [2.45, 2.75) is 31.4 Å². The van der Waals surface area contributed by atoms with Crippen molar-refractivity contribution in [3.63, 3.8) is 0 Å². The Hall–Kier alpha value is -0.0800. The first-order valence-electron chi connectivity index (χ1n) is 2.74. The molecular formula is C5H11NO. The van der Waals surface area contributed by atoms with Gasteiger partial charge in [-0.2, -0.15) is 0 Å². The Kier molecular flexibility index (Phi) is 1.30. The Morgan fingerprint density at radius 1 is 1.43 bits per heavy atom. The summed E-state index contributed by atoms with van der Waals surface area (Å²) in [7, 11) is 0. The molecule has 1 unspecified atom stereocenters.